The molecule has 1 aliphatic carbocycles. The lowest BCUT2D eigenvalue weighted by molar-refractivity contribution is -0.126. The van der Waals surface area contributed by atoms with Gasteiger partial charge >= 0.3 is 0 Å². The first-order chi connectivity index (χ1) is 12.1. The normalized spacial score (nSPS) is 25.0. The number of hydrogen-bond donors (Lipinski definition) is 2. The monoisotopic (exact) mass is 380 g/mol. The summed E-state index contributed by atoms with van der Waals surface area (Å²) >= 11 is 0. The zero-order chi connectivity index (χ0) is 17.7. The van der Waals surface area contributed by atoms with Gasteiger partial charge in [0.25, 0.3) is 0 Å². The average Bonchev–Trinajstić information content (AvgIpc) is 2.67. The van der Waals surface area contributed by atoms with Gasteiger partial charge in [-0.05, 0) is 56.8 Å². The number of ether oxygens (including phenoxy) is 1. The third-order valence-electron chi connectivity index (χ3n) is 6.11. The van der Waals surface area contributed by atoms with Gasteiger partial charge in [0.15, 0.2) is 0 Å². The fourth-order valence-corrected chi connectivity index (χ4v) is 4.51. The van der Waals surface area contributed by atoms with E-state index in [0.29, 0.717) is 6.04 Å². The molecule has 1 aliphatic heterocycles. The third-order valence-corrected chi connectivity index (χ3v) is 6.11. The number of amides is 1. The van der Waals surface area contributed by atoms with Gasteiger partial charge in [-0.1, -0.05) is 31.4 Å². The summed E-state index contributed by atoms with van der Waals surface area (Å²) in [6, 6.07) is 8.89. The highest BCUT2D eigenvalue weighted by molar-refractivity contribution is 5.85. The Morgan fingerprint density at radius 2 is 1.92 bits per heavy atom. The molecule has 2 fully saturated rings. The molecule has 1 heterocycles. The van der Waals surface area contributed by atoms with E-state index in [9.17, 15) is 4.79 Å². The summed E-state index contributed by atoms with van der Waals surface area (Å²) < 4.78 is 5.30. The fourth-order valence-electron chi connectivity index (χ4n) is 4.51. The number of hydrogen-bond acceptors (Lipinski definition) is 3. The third kappa shape index (κ3) is 4.92. The molecule has 0 radical (unpaired) electrons. The number of piperidine rings is 1. The van der Waals surface area contributed by atoms with Gasteiger partial charge in [0, 0.05) is 23.9 Å². The molecule has 2 atom stereocenters. The van der Waals surface area contributed by atoms with Crippen LogP contribution in [0.4, 0.5) is 0 Å². The fraction of sp³-hybridized carbons (Fsp3) is 0.667. The molecule has 26 heavy (non-hydrogen) atoms. The van der Waals surface area contributed by atoms with Gasteiger partial charge in [0.1, 0.15) is 5.75 Å². The quantitative estimate of drug-likeness (QED) is 0.816. The molecule has 0 spiro atoms. The van der Waals surface area contributed by atoms with Crippen LogP contribution in [0.3, 0.4) is 0 Å². The lowest BCUT2D eigenvalue weighted by Gasteiger charge is -2.39. The van der Waals surface area contributed by atoms with Crippen LogP contribution >= 0.6 is 12.4 Å². The Morgan fingerprint density at radius 3 is 2.54 bits per heavy atom. The maximum absolute atomic E-state index is 12.7. The standard InChI is InChI=1S/C21H32N2O2.ClH/c1-16-14-17(10-13-22-16)20(24)23-15-21(11-4-3-5-12-21)18-6-8-19(25-2)9-7-18;/h6-9,16-17,22H,3-5,10-15H2,1-2H3,(H,23,24);1H/t16-,17-;/m0./s1. The predicted octanol–water partition coefficient (Wildman–Crippen LogP) is 3.82. The molecule has 1 saturated carbocycles. The Kier molecular flexibility index (Phi) is 7.78. The van der Waals surface area contributed by atoms with Crippen LogP contribution in [0.1, 0.15) is 57.4 Å². The van der Waals surface area contributed by atoms with Gasteiger partial charge in [-0.3, -0.25) is 4.79 Å². The highest BCUT2D eigenvalue weighted by atomic mass is 35.5. The summed E-state index contributed by atoms with van der Waals surface area (Å²) in [6.45, 7) is 3.87. The molecule has 1 amide bonds. The predicted molar refractivity (Wildman–Crippen MR) is 108 cm³/mol. The highest BCUT2D eigenvalue weighted by Gasteiger charge is 2.35. The van der Waals surface area contributed by atoms with Crippen molar-refractivity contribution < 1.29 is 9.53 Å². The van der Waals surface area contributed by atoms with E-state index in [1.54, 1.807) is 7.11 Å². The summed E-state index contributed by atoms with van der Waals surface area (Å²) in [5.41, 5.74) is 1.42. The lowest BCUT2D eigenvalue weighted by atomic mass is 9.69. The Balaban J connectivity index is 0.00000243. The molecule has 0 unspecified atom stereocenters. The van der Waals surface area contributed by atoms with E-state index >= 15 is 0 Å². The smallest absolute Gasteiger partial charge is 0.223 e. The maximum Gasteiger partial charge on any atom is 0.223 e. The van der Waals surface area contributed by atoms with E-state index in [2.05, 4.69) is 29.7 Å². The van der Waals surface area contributed by atoms with E-state index in [0.717, 1.165) is 44.5 Å². The van der Waals surface area contributed by atoms with Crippen LogP contribution in [-0.2, 0) is 10.2 Å². The first-order valence-corrected chi connectivity index (χ1v) is 9.79. The van der Waals surface area contributed by atoms with Crippen molar-refractivity contribution in [3.8, 4) is 5.75 Å². The number of benzene rings is 1. The summed E-state index contributed by atoms with van der Waals surface area (Å²) in [4.78, 5) is 12.7. The van der Waals surface area contributed by atoms with Crippen molar-refractivity contribution in [1.29, 1.82) is 0 Å². The van der Waals surface area contributed by atoms with E-state index in [-0.39, 0.29) is 29.6 Å². The van der Waals surface area contributed by atoms with Crippen LogP contribution in [-0.4, -0.2) is 32.1 Å². The van der Waals surface area contributed by atoms with E-state index in [1.807, 2.05) is 12.1 Å². The average molecular weight is 381 g/mol. The molecule has 2 aliphatic rings. The first-order valence-electron chi connectivity index (χ1n) is 9.79. The highest BCUT2D eigenvalue weighted by Crippen LogP contribution is 2.39. The van der Waals surface area contributed by atoms with Crippen molar-refractivity contribution in [1.82, 2.24) is 10.6 Å². The minimum Gasteiger partial charge on any atom is -0.497 e. The minimum absolute atomic E-state index is 0. The molecular weight excluding hydrogens is 348 g/mol. The first kappa shape index (κ1) is 21.0. The maximum atomic E-state index is 12.7. The SMILES string of the molecule is COc1ccc(C2(CNC(=O)[C@H]3CCN[C@@H](C)C3)CCCCC2)cc1.Cl. The van der Waals surface area contributed by atoms with Gasteiger partial charge in [-0.2, -0.15) is 0 Å². The number of nitrogens with one attached hydrogen (secondary N) is 2. The van der Waals surface area contributed by atoms with Crippen molar-refractivity contribution in [3.05, 3.63) is 29.8 Å². The molecule has 5 heteroatoms. The molecule has 0 bridgehead atoms. The van der Waals surface area contributed by atoms with Crippen molar-refractivity contribution in [2.75, 3.05) is 20.2 Å². The van der Waals surface area contributed by atoms with E-state index in [1.165, 1.54) is 24.8 Å². The van der Waals surface area contributed by atoms with Gasteiger partial charge < -0.3 is 15.4 Å². The largest absolute Gasteiger partial charge is 0.497 e. The molecule has 1 aromatic rings. The van der Waals surface area contributed by atoms with Crippen LogP contribution < -0.4 is 15.4 Å². The van der Waals surface area contributed by atoms with Crippen LogP contribution in [0.2, 0.25) is 0 Å². The van der Waals surface area contributed by atoms with Crippen molar-refractivity contribution in [2.45, 2.75) is 63.3 Å². The topological polar surface area (TPSA) is 50.4 Å². The molecule has 4 nitrogen and oxygen atoms in total. The van der Waals surface area contributed by atoms with Crippen molar-refractivity contribution in [3.63, 3.8) is 0 Å². The molecule has 2 N–H and O–H groups in total. The Labute approximate surface area is 163 Å². The second-order valence-electron chi connectivity index (χ2n) is 7.86. The molecule has 146 valence electrons. The van der Waals surface area contributed by atoms with Gasteiger partial charge in [0.2, 0.25) is 5.91 Å². The van der Waals surface area contributed by atoms with Gasteiger partial charge in [-0.15, -0.1) is 12.4 Å². The number of carbonyl (C=O) groups excluding carboxylic acids is 1. The second-order valence-corrected chi connectivity index (χ2v) is 7.86. The second kappa shape index (κ2) is 9.61. The van der Waals surface area contributed by atoms with Crippen LogP contribution in [0, 0.1) is 5.92 Å². The Morgan fingerprint density at radius 1 is 1.23 bits per heavy atom. The number of methoxy groups -OCH3 is 1. The number of halogens is 1. The van der Waals surface area contributed by atoms with Crippen molar-refractivity contribution >= 4 is 18.3 Å². The molecule has 3 rings (SSSR count). The summed E-state index contributed by atoms with van der Waals surface area (Å²) in [5.74, 6) is 1.29. The zero-order valence-electron chi connectivity index (χ0n) is 16.1. The molecule has 1 saturated heterocycles. The van der Waals surface area contributed by atoms with E-state index < -0.39 is 0 Å². The van der Waals surface area contributed by atoms with Crippen LogP contribution in [0.15, 0.2) is 24.3 Å². The van der Waals surface area contributed by atoms with Gasteiger partial charge in [-0.25, -0.2) is 0 Å². The van der Waals surface area contributed by atoms with E-state index in [4.69, 9.17) is 4.74 Å². The Hall–Kier alpha value is -1.26. The molecule has 0 aromatic heterocycles. The molecular formula is C21H33ClN2O2. The van der Waals surface area contributed by atoms with Crippen LogP contribution in [0.25, 0.3) is 0 Å². The van der Waals surface area contributed by atoms with Crippen molar-refractivity contribution in [2.24, 2.45) is 5.92 Å². The summed E-state index contributed by atoms with van der Waals surface area (Å²) in [7, 11) is 1.70. The molecule has 1 aromatic carbocycles. The Bertz CT molecular complexity index is 570. The summed E-state index contributed by atoms with van der Waals surface area (Å²) in [5, 5.41) is 6.74. The zero-order valence-corrected chi connectivity index (χ0v) is 16.9. The number of carbonyl (C=O) groups is 1. The number of rotatable bonds is 5. The minimum atomic E-state index is 0. The van der Waals surface area contributed by atoms with Crippen LogP contribution in [0.5, 0.6) is 5.75 Å². The summed E-state index contributed by atoms with van der Waals surface area (Å²) in [6.07, 6.45) is 7.99. The van der Waals surface area contributed by atoms with Gasteiger partial charge in [0.05, 0.1) is 7.11 Å². The lowest BCUT2D eigenvalue weighted by Crippen LogP contribution is -2.47.